The summed E-state index contributed by atoms with van der Waals surface area (Å²) in [7, 11) is 0. The second-order valence-electron chi connectivity index (χ2n) is 4.63. The van der Waals surface area contributed by atoms with E-state index in [2.05, 4.69) is 5.32 Å². The molecule has 4 nitrogen and oxygen atoms in total. The first-order valence-corrected chi connectivity index (χ1v) is 6.80. The molecule has 0 aliphatic carbocycles. The molecule has 0 aromatic heterocycles. The minimum absolute atomic E-state index is 0.359. The van der Waals surface area contributed by atoms with Gasteiger partial charge in [-0.1, -0.05) is 54.6 Å². The van der Waals surface area contributed by atoms with Crippen LogP contribution in [0.15, 0.2) is 66.7 Å². The number of carbonyl (C=O) groups is 3. The predicted octanol–water partition coefficient (Wildman–Crippen LogP) is 2.62. The topological polar surface area (TPSA) is 63.2 Å². The molecule has 0 heterocycles. The molecule has 2 aromatic rings. The Morgan fingerprint density at radius 2 is 1.45 bits per heavy atom. The molecule has 0 radical (unpaired) electrons. The van der Waals surface area contributed by atoms with Gasteiger partial charge in [-0.15, -0.1) is 0 Å². The van der Waals surface area contributed by atoms with Crippen molar-refractivity contribution in [2.75, 3.05) is 0 Å². The fourth-order valence-electron chi connectivity index (χ4n) is 1.80. The van der Waals surface area contributed by atoms with Crippen LogP contribution in [-0.2, 0) is 9.59 Å². The normalized spacial score (nSPS) is 10.4. The van der Waals surface area contributed by atoms with Crippen LogP contribution in [0.1, 0.15) is 22.3 Å². The molecule has 0 unspecified atom stereocenters. The van der Waals surface area contributed by atoms with Crippen LogP contribution in [0, 0.1) is 0 Å². The van der Waals surface area contributed by atoms with Gasteiger partial charge in [0, 0.05) is 5.56 Å². The molecule has 0 aliphatic rings. The molecule has 1 N–H and O–H groups in total. The van der Waals surface area contributed by atoms with E-state index < -0.39 is 11.8 Å². The van der Waals surface area contributed by atoms with Gasteiger partial charge in [0.2, 0.25) is 5.91 Å². The summed E-state index contributed by atoms with van der Waals surface area (Å²) < 4.78 is 0. The summed E-state index contributed by atoms with van der Waals surface area (Å²) >= 11 is 0. The van der Waals surface area contributed by atoms with Crippen LogP contribution in [-0.4, -0.2) is 17.6 Å². The maximum Gasteiger partial charge on any atom is 0.257 e. The molecule has 0 saturated carbocycles. The molecule has 0 fully saturated rings. The van der Waals surface area contributed by atoms with E-state index in [1.54, 1.807) is 36.4 Å². The first kappa shape index (κ1) is 15.4. The van der Waals surface area contributed by atoms with Gasteiger partial charge >= 0.3 is 0 Å². The number of allylic oxidation sites excluding steroid dienone is 1. The van der Waals surface area contributed by atoms with Gasteiger partial charge < -0.3 is 0 Å². The highest BCUT2D eigenvalue weighted by atomic mass is 16.2. The Hall–Kier alpha value is -3.01. The second-order valence-corrected chi connectivity index (χ2v) is 4.63. The molecule has 2 aromatic carbocycles. The zero-order valence-electron chi connectivity index (χ0n) is 11.9. The summed E-state index contributed by atoms with van der Waals surface area (Å²) in [5.41, 5.74) is 1.25. The fourth-order valence-corrected chi connectivity index (χ4v) is 1.80. The largest absolute Gasteiger partial charge is 0.294 e. The number of rotatable bonds is 5. The number of imide groups is 1. The first-order chi connectivity index (χ1) is 10.6. The summed E-state index contributed by atoms with van der Waals surface area (Å²) in [4.78, 5) is 35.1. The van der Waals surface area contributed by atoms with Crippen molar-refractivity contribution in [1.82, 2.24) is 5.32 Å². The number of amides is 2. The van der Waals surface area contributed by atoms with Gasteiger partial charge in [0.15, 0.2) is 5.78 Å². The van der Waals surface area contributed by atoms with Gasteiger partial charge in [0.25, 0.3) is 5.91 Å². The van der Waals surface area contributed by atoms with E-state index in [1.165, 1.54) is 6.08 Å². The smallest absolute Gasteiger partial charge is 0.257 e. The molecule has 0 aliphatic heterocycles. The van der Waals surface area contributed by atoms with Crippen molar-refractivity contribution in [3.8, 4) is 0 Å². The lowest BCUT2D eigenvalue weighted by molar-refractivity contribution is -0.125. The van der Waals surface area contributed by atoms with Crippen LogP contribution in [0.4, 0.5) is 0 Å². The Balaban J connectivity index is 1.85. The van der Waals surface area contributed by atoms with Crippen LogP contribution in [0.2, 0.25) is 0 Å². The zero-order valence-corrected chi connectivity index (χ0v) is 11.9. The van der Waals surface area contributed by atoms with Crippen molar-refractivity contribution < 1.29 is 14.4 Å². The number of benzene rings is 2. The Morgan fingerprint density at radius 1 is 0.864 bits per heavy atom. The Bertz CT molecular complexity index is 691. The first-order valence-electron chi connectivity index (χ1n) is 6.80. The van der Waals surface area contributed by atoms with E-state index in [0.29, 0.717) is 5.56 Å². The van der Waals surface area contributed by atoms with Gasteiger partial charge in [0.1, 0.15) is 0 Å². The van der Waals surface area contributed by atoms with Crippen LogP contribution in [0.5, 0.6) is 0 Å². The molecular weight excluding hydrogens is 278 g/mol. The maximum absolute atomic E-state index is 11.8. The monoisotopic (exact) mass is 293 g/mol. The lowest BCUT2D eigenvalue weighted by Crippen LogP contribution is -2.31. The zero-order chi connectivity index (χ0) is 15.8. The average Bonchev–Trinajstić information content (AvgIpc) is 2.54. The number of nitrogens with one attached hydrogen (secondary N) is 1. The summed E-state index contributed by atoms with van der Waals surface area (Å²) in [6.45, 7) is 0. The van der Waals surface area contributed by atoms with Crippen LogP contribution in [0.3, 0.4) is 0 Å². The molecule has 0 spiro atoms. The summed E-state index contributed by atoms with van der Waals surface area (Å²) in [5.74, 6) is -1.48. The average molecular weight is 293 g/mol. The third-order valence-corrected chi connectivity index (χ3v) is 2.88. The van der Waals surface area contributed by atoms with Crippen molar-refractivity contribution in [1.29, 1.82) is 0 Å². The third kappa shape index (κ3) is 4.83. The van der Waals surface area contributed by atoms with Gasteiger partial charge in [-0.2, -0.15) is 0 Å². The highest BCUT2D eigenvalue weighted by molar-refractivity contribution is 6.12. The van der Waals surface area contributed by atoms with Crippen molar-refractivity contribution >= 4 is 23.7 Å². The van der Waals surface area contributed by atoms with E-state index in [-0.39, 0.29) is 12.2 Å². The van der Waals surface area contributed by atoms with Gasteiger partial charge in [0.05, 0.1) is 6.42 Å². The summed E-state index contributed by atoms with van der Waals surface area (Å²) in [6, 6.07) is 17.7. The Kier molecular flexibility index (Phi) is 5.37. The SMILES string of the molecule is O=C(/C=C/c1ccccc1)CC(=O)NC(=O)c1ccccc1. The van der Waals surface area contributed by atoms with E-state index >= 15 is 0 Å². The summed E-state index contributed by atoms with van der Waals surface area (Å²) in [6.07, 6.45) is 2.61. The van der Waals surface area contributed by atoms with Crippen molar-refractivity contribution in [2.24, 2.45) is 0 Å². The second kappa shape index (κ2) is 7.69. The minimum Gasteiger partial charge on any atom is -0.294 e. The Morgan fingerprint density at radius 3 is 2.09 bits per heavy atom. The van der Waals surface area contributed by atoms with E-state index in [0.717, 1.165) is 5.56 Å². The molecule has 4 heteroatoms. The molecule has 22 heavy (non-hydrogen) atoms. The number of hydrogen-bond donors (Lipinski definition) is 1. The fraction of sp³-hybridized carbons (Fsp3) is 0.0556. The molecule has 2 rings (SSSR count). The maximum atomic E-state index is 11.8. The molecular formula is C18H15NO3. The highest BCUT2D eigenvalue weighted by Gasteiger charge is 2.12. The number of hydrogen-bond acceptors (Lipinski definition) is 3. The predicted molar refractivity (Wildman–Crippen MR) is 84.0 cm³/mol. The number of ketones is 1. The van der Waals surface area contributed by atoms with Crippen molar-refractivity contribution in [3.05, 3.63) is 77.9 Å². The van der Waals surface area contributed by atoms with Crippen molar-refractivity contribution in [2.45, 2.75) is 6.42 Å². The van der Waals surface area contributed by atoms with Gasteiger partial charge in [-0.05, 0) is 23.8 Å². The van der Waals surface area contributed by atoms with E-state index in [1.807, 2.05) is 30.3 Å². The quantitative estimate of drug-likeness (QED) is 0.681. The van der Waals surface area contributed by atoms with Crippen molar-refractivity contribution in [3.63, 3.8) is 0 Å². The molecule has 0 atom stereocenters. The van der Waals surface area contributed by atoms with Crippen LogP contribution in [0.25, 0.3) is 6.08 Å². The minimum atomic E-state index is -0.614. The molecule has 0 saturated heterocycles. The Labute approximate surface area is 128 Å². The standard InChI is InChI=1S/C18H15NO3/c20-16(12-11-14-7-3-1-4-8-14)13-17(21)19-18(22)15-9-5-2-6-10-15/h1-12H,13H2,(H,19,21,22)/b12-11+. The molecule has 2 amide bonds. The summed E-state index contributed by atoms with van der Waals surface area (Å²) in [5, 5.41) is 2.19. The van der Waals surface area contributed by atoms with Gasteiger partial charge in [-0.3, -0.25) is 19.7 Å². The van der Waals surface area contributed by atoms with E-state index in [4.69, 9.17) is 0 Å². The van der Waals surface area contributed by atoms with Gasteiger partial charge in [-0.25, -0.2) is 0 Å². The lowest BCUT2D eigenvalue weighted by Gasteiger charge is -2.02. The third-order valence-electron chi connectivity index (χ3n) is 2.88. The van der Waals surface area contributed by atoms with Crippen LogP contribution >= 0.6 is 0 Å². The number of carbonyl (C=O) groups excluding carboxylic acids is 3. The lowest BCUT2D eigenvalue weighted by atomic mass is 10.1. The highest BCUT2D eigenvalue weighted by Crippen LogP contribution is 2.02. The molecule has 0 bridgehead atoms. The van der Waals surface area contributed by atoms with E-state index in [9.17, 15) is 14.4 Å². The van der Waals surface area contributed by atoms with Crippen LogP contribution < -0.4 is 5.32 Å². The molecule has 110 valence electrons.